The van der Waals surface area contributed by atoms with Crippen molar-refractivity contribution in [3.63, 3.8) is 0 Å². The molecule has 0 bridgehead atoms. The molecule has 2 aromatic rings. The van der Waals surface area contributed by atoms with Gasteiger partial charge in [0.1, 0.15) is 5.82 Å². The average Bonchev–Trinajstić information content (AvgIpc) is 2.47. The predicted molar refractivity (Wildman–Crippen MR) is 82.6 cm³/mol. The standard InChI is InChI=1S/C18H20FNO/c1-13(2)20(12-15-7-5-4-6-8-15)18(21)16-9-10-17(19)14(3)11-16/h4-11,13H,12H2,1-3H3. The molecule has 0 N–H and O–H groups in total. The van der Waals surface area contributed by atoms with E-state index in [-0.39, 0.29) is 17.8 Å². The number of nitrogens with zero attached hydrogens (tertiary/aromatic N) is 1. The number of rotatable bonds is 4. The second-order valence-corrected chi connectivity index (χ2v) is 5.48. The van der Waals surface area contributed by atoms with Crippen molar-refractivity contribution in [3.8, 4) is 0 Å². The molecule has 0 spiro atoms. The van der Waals surface area contributed by atoms with Crippen LogP contribution in [0.3, 0.4) is 0 Å². The van der Waals surface area contributed by atoms with Crippen LogP contribution in [0.2, 0.25) is 0 Å². The molecule has 0 atom stereocenters. The van der Waals surface area contributed by atoms with Gasteiger partial charge in [-0.05, 0) is 50.1 Å². The van der Waals surface area contributed by atoms with Gasteiger partial charge in [0.25, 0.3) is 5.91 Å². The Labute approximate surface area is 125 Å². The molecule has 110 valence electrons. The molecule has 0 saturated carbocycles. The SMILES string of the molecule is Cc1cc(C(=O)N(Cc2ccccc2)C(C)C)ccc1F. The highest BCUT2D eigenvalue weighted by Crippen LogP contribution is 2.16. The highest BCUT2D eigenvalue weighted by molar-refractivity contribution is 5.94. The Morgan fingerprint density at radius 3 is 2.38 bits per heavy atom. The Morgan fingerprint density at radius 1 is 1.14 bits per heavy atom. The lowest BCUT2D eigenvalue weighted by molar-refractivity contribution is 0.0690. The lowest BCUT2D eigenvalue weighted by atomic mass is 10.1. The summed E-state index contributed by atoms with van der Waals surface area (Å²) in [6.07, 6.45) is 0. The van der Waals surface area contributed by atoms with Crippen LogP contribution in [0, 0.1) is 12.7 Å². The zero-order valence-electron chi connectivity index (χ0n) is 12.6. The molecule has 0 aliphatic carbocycles. The van der Waals surface area contributed by atoms with E-state index in [1.54, 1.807) is 24.0 Å². The number of aryl methyl sites for hydroxylation is 1. The summed E-state index contributed by atoms with van der Waals surface area (Å²) in [6.45, 7) is 6.19. The number of carbonyl (C=O) groups is 1. The molecule has 0 unspecified atom stereocenters. The second-order valence-electron chi connectivity index (χ2n) is 5.48. The van der Waals surface area contributed by atoms with E-state index in [1.807, 2.05) is 44.2 Å². The number of hydrogen-bond donors (Lipinski definition) is 0. The van der Waals surface area contributed by atoms with Crippen molar-refractivity contribution in [2.45, 2.75) is 33.4 Å². The van der Waals surface area contributed by atoms with Gasteiger partial charge in [-0.15, -0.1) is 0 Å². The largest absolute Gasteiger partial charge is 0.332 e. The summed E-state index contributed by atoms with van der Waals surface area (Å²) in [4.78, 5) is 14.5. The zero-order chi connectivity index (χ0) is 15.4. The monoisotopic (exact) mass is 285 g/mol. The molecule has 0 saturated heterocycles. The van der Waals surface area contributed by atoms with Crippen molar-refractivity contribution in [2.24, 2.45) is 0 Å². The first kappa shape index (κ1) is 15.2. The molecular weight excluding hydrogens is 265 g/mol. The van der Waals surface area contributed by atoms with Gasteiger partial charge in [0.05, 0.1) is 0 Å². The van der Waals surface area contributed by atoms with Gasteiger partial charge in [-0.1, -0.05) is 30.3 Å². The Kier molecular flexibility index (Phi) is 4.73. The van der Waals surface area contributed by atoms with E-state index in [4.69, 9.17) is 0 Å². The van der Waals surface area contributed by atoms with Crippen LogP contribution in [0.1, 0.15) is 35.3 Å². The number of halogens is 1. The van der Waals surface area contributed by atoms with Crippen LogP contribution in [0.5, 0.6) is 0 Å². The molecule has 0 heterocycles. The minimum absolute atomic E-state index is 0.0723. The molecule has 0 radical (unpaired) electrons. The fraction of sp³-hybridized carbons (Fsp3) is 0.278. The molecule has 2 rings (SSSR count). The molecule has 0 fully saturated rings. The van der Waals surface area contributed by atoms with Gasteiger partial charge in [-0.2, -0.15) is 0 Å². The van der Waals surface area contributed by atoms with Crippen LogP contribution in [0.15, 0.2) is 48.5 Å². The first-order valence-electron chi connectivity index (χ1n) is 7.10. The summed E-state index contributed by atoms with van der Waals surface area (Å²) >= 11 is 0. The molecule has 0 aliphatic rings. The third-order valence-corrected chi connectivity index (χ3v) is 3.48. The highest BCUT2D eigenvalue weighted by atomic mass is 19.1. The Bertz CT molecular complexity index is 622. The maximum atomic E-state index is 13.3. The van der Waals surface area contributed by atoms with Crippen molar-refractivity contribution in [3.05, 3.63) is 71.0 Å². The van der Waals surface area contributed by atoms with Gasteiger partial charge in [-0.3, -0.25) is 4.79 Å². The minimum atomic E-state index is -0.286. The molecule has 3 heteroatoms. The van der Waals surface area contributed by atoms with Crippen molar-refractivity contribution >= 4 is 5.91 Å². The molecule has 2 aromatic carbocycles. The van der Waals surface area contributed by atoms with Crippen molar-refractivity contribution < 1.29 is 9.18 Å². The van der Waals surface area contributed by atoms with Crippen molar-refractivity contribution in [1.29, 1.82) is 0 Å². The summed E-state index contributed by atoms with van der Waals surface area (Å²) in [5, 5.41) is 0. The number of amides is 1. The van der Waals surface area contributed by atoms with Gasteiger partial charge >= 0.3 is 0 Å². The summed E-state index contributed by atoms with van der Waals surface area (Å²) in [5.41, 5.74) is 2.10. The first-order valence-corrected chi connectivity index (χ1v) is 7.10. The Hall–Kier alpha value is -2.16. The summed E-state index contributed by atoms with van der Waals surface area (Å²) in [6, 6.07) is 14.4. The third kappa shape index (κ3) is 3.69. The third-order valence-electron chi connectivity index (χ3n) is 3.48. The van der Waals surface area contributed by atoms with E-state index in [2.05, 4.69) is 0 Å². The van der Waals surface area contributed by atoms with E-state index in [9.17, 15) is 9.18 Å². The molecular formula is C18H20FNO. The maximum Gasteiger partial charge on any atom is 0.254 e. The van der Waals surface area contributed by atoms with Crippen molar-refractivity contribution in [1.82, 2.24) is 4.90 Å². The van der Waals surface area contributed by atoms with E-state index >= 15 is 0 Å². The fourth-order valence-electron chi connectivity index (χ4n) is 2.21. The Morgan fingerprint density at radius 2 is 1.81 bits per heavy atom. The summed E-state index contributed by atoms with van der Waals surface area (Å²) < 4.78 is 13.3. The van der Waals surface area contributed by atoms with Crippen LogP contribution in [0.4, 0.5) is 4.39 Å². The van der Waals surface area contributed by atoms with Crippen LogP contribution in [-0.4, -0.2) is 16.8 Å². The summed E-state index contributed by atoms with van der Waals surface area (Å²) in [7, 11) is 0. The van der Waals surface area contributed by atoms with Gasteiger partial charge in [0.15, 0.2) is 0 Å². The number of carbonyl (C=O) groups excluding carboxylic acids is 1. The smallest absolute Gasteiger partial charge is 0.254 e. The van der Waals surface area contributed by atoms with Crippen LogP contribution in [-0.2, 0) is 6.54 Å². The normalized spacial score (nSPS) is 10.7. The highest BCUT2D eigenvalue weighted by Gasteiger charge is 2.19. The van der Waals surface area contributed by atoms with Gasteiger partial charge in [0, 0.05) is 18.2 Å². The van der Waals surface area contributed by atoms with Crippen LogP contribution >= 0.6 is 0 Å². The van der Waals surface area contributed by atoms with Crippen LogP contribution in [0.25, 0.3) is 0 Å². The molecule has 1 amide bonds. The van der Waals surface area contributed by atoms with Gasteiger partial charge in [-0.25, -0.2) is 4.39 Å². The van der Waals surface area contributed by atoms with Crippen molar-refractivity contribution in [2.75, 3.05) is 0 Å². The predicted octanol–water partition coefficient (Wildman–Crippen LogP) is 4.18. The molecule has 21 heavy (non-hydrogen) atoms. The first-order chi connectivity index (χ1) is 9.99. The molecule has 0 aliphatic heterocycles. The lowest BCUT2D eigenvalue weighted by Gasteiger charge is -2.27. The van der Waals surface area contributed by atoms with E-state index in [1.165, 1.54) is 6.07 Å². The number of benzene rings is 2. The summed E-state index contributed by atoms with van der Waals surface area (Å²) in [5.74, 6) is -0.359. The quantitative estimate of drug-likeness (QED) is 0.825. The zero-order valence-corrected chi connectivity index (χ0v) is 12.6. The Balaban J connectivity index is 2.25. The molecule has 2 nitrogen and oxygen atoms in total. The van der Waals surface area contributed by atoms with E-state index < -0.39 is 0 Å². The van der Waals surface area contributed by atoms with E-state index in [0.717, 1.165) is 5.56 Å². The fourth-order valence-corrected chi connectivity index (χ4v) is 2.21. The minimum Gasteiger partial charge on any atom is -0.332 e. The topological polar surface area (TPSA) is 20.3 Å². The van der Waals surface area contributed by atoms with Gasteiger partial charge < -0.3 is 4.90 Å². The average molecular weight is 285 g/mol. The van der Waals surface area contributed by atoms with Crippen LogP contribution < -0.4 is 0 Å². The number of hydrogen-bond acceptors (Lipinski definition) is 1. The second kappa shape index (κ2) is 6.53. The maximum absolute atomic E-state index is 13.3. The van der Waals surface area contributed by atoms with Gasteiger partial charge in [0.2, 0.25) is 0 Å². The van der Waals surface area contributed by atoms with E-state index in [0.29, 0.717) is 17.7 Å². The lowest BCUT2D eigenvalue weighted by Crippen LogP contribution is -2.36. The molecule has 0 aromatic heterocycles.